The molecule has 5 rings (SSSR count). The summed E-state index contributed by atoms with van der Waals surface area (Å²) in [7, 11) is -9.61. The third-order valence-corrected chi connectivity index (χ3v) is 14.8. The molecule has 0 heterocycles. The first kappa shape index (κ1) is 32.5. The fraction of sp³-hybridized carbons (Fsp3) is 0.900. The SMILES string of the molecule is CC1C(CO)=CCC2(C=O)CCC3(C)C(CCC4C5(C)CCC(OS(=O)(=O)O)C(C)(COS(=O)(=O)O)C5CCC43C)C12. The van der Waals surface area contributed by atoms with E-state index in [0.717, 1.165) is 37.7 Å². The molecular weight excluding hydrogens is 584 g/mol. The zero-order valence-electron chi connectivity index (χ0n) is 25.4. The molecule has 0 aromatic heterocycles. The van der Waals surface area contributed by atoms with E-state index in [0.29, 0.717) is 25.2 Å². The number of allylic oxidation sites excluding steroid dienone is 1. The molecule has 0 saturated heterocycles. The van der Waals surface area contributed by atoms with Crippen LogP contribution in [0.4, 0.5) is 0 Å². The number of carbonyl (C=O) groups is 1. The molecule has 3 N–H and O–H groups in total. The molecule has 0 amide bonds. The molecular formula is C30H48O10S2. The zero-order valence-corrected chi connectivity index (χ0v) is 27.0. The van der Waals surface area contributed by atoms with Gasteiger partial charge in [-0.3, -0.25) is 9.11 Å². The summed E-state index contributed by atoms with van der Waals surface area (Å²) in [6.07, 6.45) is 8.93. The van der Waals surface area contributed by atoms with Crippen molar-refractivity contribution in [2.24, 2.45) is 56.7 Å². The normalized spacial score (nSPS) is 49.1. The second-order valence-corrected chi connectivity index (χ2v) is 17.4. The monoisotopic (exact) mass is 632 g/mol. The lowest BCUT2D eigenvalue weighted by Gasteiger charge is -2.73. The third kappa shape index (κ3) is 4.77. The van der Waals surface area contributed by atoms with Gasteiger partial charge in [-0.05, 0) is 109 Å². The maximum atomic E-state index is 12.7. The van der Waals surface area contributed by atoms with Crippen LogP contribution in [0.15, 0.2) is 11.6 Å². The van der Waals surface area contributed by atoms with Crippen molar-refractivity contribution in [3.05, 3.63) is 11.6 Å². The van der Waals surface area contributed by atoms with E-state index in [4.69, 9.17) is 8.37 Å². The highest BCUT2D eigenvalue weighted by atomic mass is 32.3. The van der Waals surface area contributed by atoms with Gasteiger partial charge in [0.15, 0.2) is 0 Å². The van der Waals surface area contributed by atoms with Crippen LogP contribution in [-0.2, 0) is 34.0 Å². The van der Waals surface area contributed by atoms with Gasteiger partial charge >= 0.3 is 20.8 Å². The summed E-state index contributed by atoms with van der Waals surface area (Å²) in [6.45, 7) is 10.5. The van der Waals surface area contributed by atoms with Gasteiger partial charge in [0.2, 0.25) is 0 Å². The van der Waals surface area contributed by atoms with Gasteiger partial charge in [0, 0.05) is 10.8 Å². The number of aliphatic hydroxyl groups excluding tert-OH is 1. The fourth-order valence-corrected chi connectivity index (χ4v) is 12.8. The summed E-state index contributed by atoms with van der Waals surface area (Å²) in [5, 5.41) is 10.1. The van der Waals surface area contributed by atoms with E-state index in [1.165, 1.54) is 6.29 Å². The highest BCUT2D eigenvalue weighted by Gasteiger charge is 2.71. The van der Waals surface area contributed by atoms with Crippen LogP contribution in [0.5, 0.6) is 0 Å². The van der Waals surface area contributed by atoms with Gasteiger partial charge in [-0.2, -0.15) is 16.8 Å². The van der Waals surface area contributed by atoms with E-state index in [1.54, 1.807) is 6.92 Å². The van der Waals surface area contributed by atoms with Crippen LogP contribution >= 0.6 is 0 Å². The molecule has 4 fully saturated rings. The minimum Gasteiger partial charge on any atom is -0.392 e. The van der Waals surface area contributed by atoms with Crippen molar-refractivity contribution in [1.82, 2.24) is 0 Å². The largest absolute Gasteiger partial charge is 0.397 e. The molecule has 10 nitrogen and oxygen atoms in total. The van der Waals surface area contributed by atoms with Gasteiger partial charge in [0.05, 0.1) is 19.3 Å². The van der Waals surface area contributed by atoms with Crippen molar-refractivity contribution in [3.8, 4) is 0 Å². The molecule has 0 aliphatic heterocycles. The molecule has 11 atom stereocenters. The van der Waals surface area contributed by atoms with Crippen LogP contribution in [0.2, 0.25) is 0 Å². The molecule has 0 spiro atoms. The molecule has 12 heteroatoms. The van der Waals surface area contributed by atoms with E-state index in [-0.39, 0.29) is 52.9 Å². The summed E-state index contributed by atoms with van der Waals surface area (Å²) in [6, 6.07) is 0. The predicted octanol–water partition coefficient (Wildman–Crippen LogP) is 4.80. The van der Waals surface area contributed by atoms with Gasteiger partial charge in [0.1, 0.15) is 6.29 Å². The van der Waals surface area contributed by atoms with Crippen LogP contribution in [0, 0.1) is 56.7 Å². The molecule has 0 radical (unpaired) electrons. The molecule has 5 aliphatic rings. The summed E-state index contributed by atoms with van der Waals surface area (Å²) >= 11 is 0. The van der Waals surface area contributed by atoms with E-state index < -0.39 is 44.3 Å². The first-order valence-electron chi connectivity index (χ1n) is 15.3. The highest BCUT2D eigenvalue weighted by Crippen LogP contribution is 2.76. The third-order valence-electron chi connectivity index (χ3n) is 13.9. The Morgan fingerprint density at radius 2 is 1.60 bits per heavy atom. The van der Waals surface area contributed by atoms with Crippen molar-refractivity contribution < 1.29 is 44.2 Å². The van der Waals surface area contributed by atoms with Gasteiger partial charge in [0.25, 0.3) is 0 Å². The Hall–Kier alpha value is -0.890. The Labute approximate surface area is 250 Å². The number of fused-ring (bicyclic) bond motifs is 7. The number of aliphatic hydroxyl groups is 1. The Morgan fingerprint density at radius 3 is 2.19 bits per heavy atom. The maximum Gasteiger partial charge on any atom is 0.397 e. The first-order chi connectivity index (χ1) is 19.3. The average molecular weight is 633 g/mol. The predicted molar refractivity (Wildman–Crippen MR) is 155 cm³/mol. The van der Waals surface area contributed by atoms with Gasteiger partial charge in [-0.25, -0.2) is 8.37 Å². The molecule has 4 saturated carbocycles. The summed E-state index contributed by atoms with van der Waals surface area (Å²) in [4.78, 5) is 12.7. The van der Waals surface area contributed by atoms with Crippen molar-refractivity contribution in [3.63, 3.8) is 0 Å². The molecule has 11 unspecified atom stereocenters. The first-order valence-corrected chi connectivity index (χ1v) is 18.1. The van der Waals surface area contributed by atoms with Crippen molar-refractivity contribution >= 4 is 27.1 Å². The lowest BCUT2D eigenvalue weighted by atomic mass is 9.31. The minimum atomic E-state index is -4.82. The van der Waals surface area contributed by atoms with Gasteiger partial charge < -0.3 is 9.90 Å². The van der Waals surface area contributed by atoms with Crippen molar-refractivity contribution in [2.75, 3.05) is 13.2 Å². The van der Waals surface area contributed by atoms with E-state index >= 15 is 0 Å². The Bertz CT molecular complexity index is 1350. The van der Waals surface area contributed by atoms with Gasteiger partial charge in [-0.1, -0.05) is 40.7 Å². The molecule has 0 aromatic rings. The lowest BCUT2D eigenvalue weighted by Crippen LogP contribution is -2.68. The van der Waals surface area contributed by atoms with Gasteiger partial charge in [-0.15, -0.1) is 0 Å². The standard InChI is InChI=1S/C30H48O10S2/c1-19-20(16-31)8-13-30(17-32)15-14-28(4)21(25(19)30)6-7-23-26(2)11-10-24(40-42(36,37)38)27(3,18-39-41(33,34)35)22(26)9-12-29(23,28)5/h8,17,19,21-25,31H,6-7,9-16,18H2,1-5H3,(H,33,34,35)(H,36,37,38). The second-order valence-electron chi connectivity index (χ2n) is 15.2. The fourth-order valence-electron chi connectivity index (χ4n) is 11.8. The van der Waals surface area contributed by atoms with Crippen LogP contribution in [0.25, 0.3) is 0 Å². The topological polar surface area (TPSA) is 164 Å². The quantitative estimate of drug-likeness (QED) is 0.202. The molecule has 5 aliphatic carbocycles. The number of carbonyl (C=O) groups excluding carboxylic acids is 1. The Balaban J connectivity index is 1.53. The summed E-state index contributed by atoms with van der Waals surface area (Å²) in [5.41, 5.74) is -0.991. The molecule has 0 aromatic carbocycles. The van der Waals surface area contributed by atoms with E-state index in [1.807, 2.05) is 0 Å². The molecule has 0 bridgehead atoms. The minimum absolute atomic E-state index is 0.00664. The van der Waals surface area contributed by atoms with Crippen molar-refractivity contribution in [2.45, 2.75) is 98.5 Å². The maximum absolute atomic E-state index is 12.7. The number of hydrogen-bond donors (Lipinski definition) is 3. The van der Waals surface area contributed by atoms with Crippen LogP contribution in [0.3, 0.4) is 0 Å². The summed E-state index contributed by atoms with van der Waals surface area (Å²) < 4.78 is 76.0. The zero-order chi connectivity index (χ0) is 31.1. The Morgan fingerprint density at radius 1 is 0.905 bits per heavy atom. The summed E-state index contributed by atoms with van der Waals surface area (Å²) in [5.74, 6) is 0.602. The second kappa shape index (κ2) is 10.3. The Kier molecular flexibility index (Phi) is 7.98. The molecule has 240 valence electrons. The smallest absolute Gasteiger partial charge is 0.392 e. The van der Waals surface area contributed by atoms with Crippen LogP contribution in [0.1, 0.15) is 92.4 Å². The van der Waals surface area contributed by atoms with Crippen LogP contribution < -0.4 is 0 Å². The molecule has 42 heavy (non-hydrogen) atoms. The highest BCUT2D eigenvalue weighted by molar-refractivity contribution is 7.81. The number of aldehydes is 1. The van der Waals surface area contributed by atoms with Crippen molar-refractivity contribution in [1.29, 1.82) is 0 Å². The lowest BCUT2D eigenvalue weighted by molar-refractivity contribution is -0.252. The van der Waals surface area contributed by atoms with Crippen LogP contribution in [-0.4, -0.2) is 56.7 Å². The number of rotatable bonds is 7. The van der Waals surface area contributed by atoms with E-state index in [9.17, 15) is 35.8 Å². The van der Waals surface area contributed by atoms with E-state index in [2.05, 4.69) is 33.8 Å². The number of hydrogen-bond acceptors (Lipinski definition) is 8. The average Bonchev–Trinajstić information content (AvgIpc) is 2.89.